The van der Waals surface area contributed by atoms with E-state index in [1.165, 1.54) is 32.2 Å². The van der Waals surface area contributed by atoms with E-state index in [2.05, 4.69) is 36.0 Å². The number of rotatable bonds is 40. The molecule has 2 atom stereocenters. The lowest BCUT2D eigenvalue weighted by molar-refractivity contribution is -0.140. The lowest BCUT2D eigenvalue weighted by Crippen LogP contribution is -2.49. The molecule has 0 unspecified atom stereocenters. The molecule has 0 radical (unpaired) electrons. The molecule has 34 nitrogen and oxygen atoms in total. The van der Waals surface area contributed by atoms with Crippen LogP contribution in [-0.2, 0) is 71.4 Å². The van der Waals surface area contributed by atoms with Gasteiger partial charge in [-0.25, -0.2) is 13.4 Å². The highest BCUT2D eigenvalue weighted by Gasteiger charge is 2.32. The molecule has 2 aromatic carbocycles. The summed E-state index contributed by atoms with van der Waals surface area (Å²) in [5.41, 5.74) is 0.973. The van der Waals surface area contributed by atoms with Gasteiger partial charge >= 0.3 is 23.9 Å². The second-order valence-corrected chi connectivity index (χ2v) is 25.5. The summed E-state index contributed by atoms with van der Waals surface area (Å²) in [6, 6.07) is 6.19. The number of hydrogen-bond donors (Lipinski definition) is 13. The fourth-order valence-corrected chi connectivity index (χ4v) is 12.5. The maximum atomic E-state index is 13.6. The number of hydrogen-bond acceptors (Lipinski definition) is 24. The van der Waals surface area contributed by atoms with Gasteiger partial charge in [0.1, 0.15) is 29.9 Å². The lowest BCUT2D eigenvalue weighted by Gasteiger charge is -2.33. The van der Waals surface area contributed by atoms with Crippen LogP contribution in [0.25, 0.3) is 10.9 Å². The van der Waals surface area contributed by atoms with Gasteiger partial charge in [-0.05, 0) is 67.6 Å². The molecule has 0 saturated carbocycles. The molecule has 1 aliphatic heterocycles. The van der Waals surface area contributed by atoms with Crippen LogP contribution in [0.4, 0.5) is 5.95 Å². The molecule has 522 valence electrons. The maximum absolute atomic E-state index is 13.6. The first-order chi connectivity index (χ1) is 44.6. The third-order valence-corrected chi connectivity index (χ3v) is 17.2. The van der Waals surface area contributed by atoms with Crippen molar-refractivity contribution >= 4 is 85.1 Å². The molecule has 1 saturated heterocycles. The number of benzene rings is 2. The van der Waals surface area contributed by atoms with E-state index in [0.717, 1.165) is 5.56 Å². The normalized spacial score (nSPS) is 15.0. The van der Waals surface area contributed by atoms with E-state index >= 15 is 0 Å². The second-order valence-electron chi connectivity index (χ2n) is 22.2. The van der Waals surface area contributed by atoms with Crippen molar-refractivity contribution in [3.05, 3.63) is 81.4 Å². The number of pyridine rings is 1. The van der Waals surface area contributed by atoms with E-state index in [-0.39, 0.29) is 158 Å². The van der Waals surface area contributed by atoms with Crippen LogP contribution in [0.15, 0.2) is 58.6 Å². The second kappa shape index (κ2) is 38.6. The van der Waals surface area contributed by atoms with Gasteiger partial charge in [0, 0.05) is 122 Å². The van der Waals surface area contributed by atoms with E-state index in [1.807, 2.05) is 0 Å². The number of sulfonamides is 1. The predicted octanol–water partition coefficient (Wildman–Crippen LogP) is -0.285. The third kappa shape index (κ3) is 27.7. The first-order valence-electron chi connectivity index (χ1n) is 30.0. The number of amides is 3. The van der Waals surface area contributed by atoms with Crippen molar-refractivity contribution in [2.45, 2.75) is 57.0 Å². The molecule has 0 spiro atoms. The number of carbonyl (C=O) groups is 8. The Balaban J connectivity index is 0.938. The van der Waals surface area contributed by atoms with Gasteiger partial charge in [0.05, 0.1) is 92.2 Å². The van der Waals surface area contributed by atoms with Gasteiger partial charge in [-0.2, -0.15) is 4.72 Å². The molecule has 1 aliphatic rings. The van der Waals surface area contributed by atoms with Gasteiger partial charge in [-0.3, -0.25) is 62.8 Å². The number of aromatic amines is 1. The average molecular weight is 1370 g/mol. The smallest absolute Gasteiger partial charge is 0.323 e. The van der Waals surface area contributed by atoms with Crippen LogP contribution in [0.3, 0.4) is 0 Å². The van der Waals surface area contributed by atoms with Crippen LogP contribution < -0.4 is 36.2 Å². The summed E-state index contributed by atoms with van der Waals surface area (Å²) in [4.78, 5) is 126. The van der Waals surface area contributed by atoms with Gasteiger partial charge in [-0.15, -0.1) is 0 Å². The number of anilines is 1. The van der Waals surface area contributed by atoms with E-state index in [9.17, 15) is 85.7 Å². The van der Waals surface area contributed by atoms with Crippen LogP contribution in [0.5, 0.6) is 5.75 Å². The Kier molecular flexibility index (Phi) is 31.6. The monoisotopic (exact) mass is 1370 g/mol. The fraction of sp³-hybridized carbons (Fsp3) is 0.552. The number of carboxylic acids is 4. The van der Waals surface area contributed by atoms with Gasteiger partial charge in [0.2, 0.25) is 27.3 Å². The number of H-pyrrole nitrogens is 1. The summed E-state index contributed by atoms with van der Waals surface area (Å²) in [5.74, 6) is -8.79. The summed E-state index contributed by atoms with van der Waals surface area (Å²) in [6.45, 7) is 3.47. The van der Waals surface area contributed by atoms with E-state index in [1.54, 1.807) is 61.8 Å². The first-order valence-corrected chi connectivity index (χ1v) is 33.2. The molecule has 3 heterocycles. The number of aromatic nitrogens is 3. The molecule has 94 heavy (non-hydrogen) atoms. The Labute approximate surface area is 543 Å². The number of ketones is 1. The zero-order chi connectivity index (χ0) is 69.0. The van der Waals surface area contributed by atoms with Crippen LogP contribution >= 0.6 is 10.9 Å². The quantitative estimate of drug-likeness (QED) is 0.0201. The topological polar surface area (TPSA) is 473 Å². The molecule has 36 heteroatoms. The zero-order valence-corrected chi connectivity index (χ0v) is 54.3. The van der Waals surface area contributed by atoms with Crippen molar-refractivity contribution in [2.75, 3.05) is 149 Å². The minimum absolute atomic E-state index is 0.0205. The summed E-state index contributed by atoms with van der Waals surface area (Å²) < 4.78 is 82.8. The number of carbonyl (C=O) groups excluding carboxylic acids is 4. The molecule has 1 fully saturated rings. The Hall–Kier alpha value is -7.72. The Morgan fingerprint density at radius 2 is 1.27 bits per heavy atom. The number of ether oxygens (including phenoxy) is 4. The van der Waals surface area contributed by atoms with Crippen molar-refractivity contribution in [1.82, 2.24) is 54.8 Å². The highest BCUT2D eigenvalue weighted by molar-refractivity contribution is 8.19. The fourth-order valence-electron chi connectivity index (χ4n) is 10.0. The van der Waals surface area contributed by atoms with Gasteiger partial charge < -0.3 is 83.9 Å². The van der Waals surface area contributed by atoms with Gasteiger partial charge in [0.15, 0.2) is 5.95 Å². The number of nitrogens with one attached hydrogen (secondary N) is 6. The van der Waals surface area contributed by atoms with Crippen LogP contribution in [0, 0.1) is 19.8 Å². The lowest BCUT2D eigenvalue weighted by atomic mass is 10.0. The molecular formula is C58H86N12O22S2. The molecule has 13 N–H and O–H groups in total. The van der Waals surface area contributed by atoms with Gasteiger partial charge in [-0.1, -0.05) is 6.07 Å². The zero-order valence-electron chi connectivity index (χ0n) is 52.6. The highest BCUT2D eigenvalue weighted by atomic mass is 32.3. The molecule has 0 aliphatic carbocycles. The Bertz CT molecular complexity index is 3320. The minimum atomic E-state index is -4.49. The SMILES string of the molecule is Cc1cc(OCCCC(=O)NCCCOCCOCCOCNC(=O)[C@H](CC(=O)CN2CCN(CC(=O)O)CCN(CC(=O)O)CCN(CC(=O)O)CC2)CS(O)(O)O)cc(C)c1S(=O)(=O)N[C@@H](CNC(=O)c1cn(C)c2cc(CNc3ncc[nH]3)ccc2c1=O)C(=O)O. The van der Waals surface area contributed by atoms with E-state index in [4.69, 9.17) is 18.9 Å². The van der Waals surface area contributed by atoms with E-state index < -0.39 is 98.5 Å². The van der Waals surface area contributed by atoms with Crippen molar-refractivity contribution in [2.24, 2.45) is 13.0 Å². The summed E-state index contributed by atoms with van der Waals surface area (Å²) in [6.07, 6.45) is 4.99. The molecular weight excluding hydrogens is 1280 g/mol. The number of aliphatic carboxylic acids is 4. The predicted molar refractivity (Wildman–Crippen MR) is 340 cm³/mol. The van der Waals surface area contributed by atoms with Crippen molar-refractivity contribution in [3.8, 4) is 5.75 Å². The number of nitrogens with zero attached hydrogens (tertiary/aromatic N) is 6. The summed E-state index contributed by atoms with van der Waals surface area (Å²) in [5, 5.41) is 49.4. The third-order valence-electron chi connectivity index (χ3n) is 14.6. The summed E-state index contributed by atoms with van der Waals surface area (Å²) >= 11 is 0. The van der Waals surface area contributed by atoms with Crippen LogP contribution in [0.1, 0.15) is 52.7 Å². The molecule has 2 aromatic heterocycles. The molecule has 0 bridgehead atoms. The van der Waals surface area contributed by atoms with Crippen LogP contribution in [0.2, 0.25) is 0 Å². The number of carboxylic acid groups (broad SMARTS) is 4. The molecule has 3 amide bonds. The molecule has 5 rings (SSSR count). The number of fused-ring (bicyclic) bond motifs is 1. The van der Waals surface area contributed by atoms with E-state index in [0.29, 0.717) is 49.8 Å². The highest BCUT2D eigenvalue weighted by Crippen LogP contribution is 2.36. The van der Waals surface area contributed by atoms with Gasteiger partial charge in [0.25, 0.3) is 5.91 Å². The van der Waals surface area contributed by atoms with Crippen molar-refractivity contribution in [3.63, 3.8) is 0 Å². The Morgan fingerprint density at radius 1 is 0.702 bits per heavy atom. The minimum Gasteiger partial charge on any atom is -0.494 e. The summed E-state index contributed by atoms with van der Waals surface area (Å²) in [7, 11) is -7.09. The number of Topliss-reactive ketones (excluding diaryl/α,β-unsaturated/α-hetero) is 1. The number of aryl methyl sites for hydroxylation is 3. The van der Waals surface area contributed by atoms with Crippen molar-refractivity contribution in [1.29, 1.82) is 0 Å². The van der Waals surface area contributed by atoms with Crippen molar-refractivity contribution < 1.29 is 99.8 Å². The largest absolute Gasteiger partial charge is 0.494 e. The maximum Gasteiger partial charge on any atom is 0.323 e. The standard InChI is InChI=1S/C58H86N12O22S2/c1-39-26-44(27-40(2)54(39)94(87,88)65-47(57(82)83)31-62-56(81)46-33-66(3)48-28-41(7-8-45(48)53(46)79)30-63-58-60-10-11-61-58)92-21-4-6-49(72)59-9-5-20-89-22-23-90-24-25-91-38-64-55(80)42(37-93(84,85)86)29-43(71)32-67-12-14-68(34-50(73)74)16-18-70(36-52(77)78)19-17-69(15-13-67)35-51(75)76/h7-8,10-11,26-28,33,42,47,65,84-86H,4-6,9,12-25,29-32,34-38H2,1-3H3,(H,59,72)(H,62,81)(H,64,80)(H,73,74)(H,75,76)(H,77,78)(H,82,83)(H2,60,61,63)/t42-,47+/m1/s1. The number of imidazole rings is 1. The molecule has 4 aromatic rings. The average Bonchev–Trinajstić information content (AvgIpc) is 0.804. The first kappa shape index (κ1) is 77.0. The Morgan fingerprint density at radius 3 is 1.81 bits per heavy atom. The van der Waals surface area contributed by atoms with Crippen LogP contribution in [-0.4, -0.2) is 274 Å².